The van der Waals surface area contributed by atoms with Crippen LogP contribution < -0.4 is 10.6 Å². The molecular formula is C22H19FN2O4S. The zero-order valence-corrected chi connectivity index (χ0v) is 16.7. The highest BCUT2D eigenvalue weighted by molar-refractivity contribution is 7.91. The Labute approximate surface area is 173 Å². The Morgan fingerprint density at radius 2 is 1.43 bits per heavy atom. The van der Waals surface area contributed by atoms with Crippen LogP contribution in [0.2, 0.25) is 0 Å². The van der Waals surface area contributed by atoms with Gasteiger partial charge in [-0.25, -0.2) is 12.8 Å². The van der Waals surface area contributed by atoms with Gasteiger partial charge in [-0.15, -0.1) is 0 Å². The van der Waals surface area contributed by atoms with Crippen molar-refractivity contribution in [2.75, 3.05) is 16.4 Å². The van der Waals surface area contributed by atoms with Crippen LogP contribution in [0.5, 0.6) is 0 Å². The fraction of sp³-hybridized carbons (Fsp3) is 0.0909. The molecule has 8 heteroatoms. The van der Waals surface area contributed by atoms with E-state index in [9.17, 15) is 22.4 Å². The average Bonchev–Trinajstić information content (AvgIpc) is 2.70. The summed E-state index contributed by atoms with van der Waals surface area (Å²) in [5.74, 6) is -2.67. The van der Waals surface area contributed by atoms with E-state index in [1.807, 2.05) is 0 Å². The Morgan fingerprint density at radius 3 is 2.13 bits per heavy atom. The Balaban J connectivity index is 1.68. The van der Waals surface area contributed by atoms with Gasteiger partial charge in [0.15, 0.2) is 9.84 Å². The molecule has 0 saturated carbocycles. The minimum Gasteiger partial charge on any atom is -0.324 e. The standard InChI is InChI=1S/C22H19FN2O4S/c23-17-10-12-18(13-11-17)24-22(27)19-8-4-5-9-20(19)25-21(26)15-30(28,29)14-16-6-2-1-3-7-16/h1-13H,14-15H2,(H,24,27)(H,25,26). The van der Waals surface area contributed by atoms with Crippen molar-refractivity contribution in [3.05, 3.63) is 95.8 Å². The van der Waals surface area contributed by atoms with E-state index in [1.165, 1.54) is 36.4 Å². The van der Waals surface area contributed by atoms with Gasteiger partial charge in [0.1, 0.15) is 11.6 Å². The number of halogens is 1. The monoisotopic (exact) mass is 426 g/mol. The third-order valence-electron chi connectivity index (χ3n) is 4.13. The van der Waals surface area contributed by atoms with Crippen LogP contribution in [0.4, 0.5) is 15.8 Å². The smallest absolute Gasteiger partial charge is 0.257 e. The summed E-state index contributed by atoms with van der Waals surface area (Å²) in [5, 5.41) is 5.09. The first-order valence-corrected chi connectivity index (χ1v) is 10.8. The molecule has 0 fully saturated rings. The molecular weight excluding hydrogens is 407 g/mol. The van der Waals surface area contributed by atoms with Crippen LogP contribution in [-0.4, -0.2) is 26.0 Å². The Hall–Kier alpha value is -3.52. The zero-order valence-electron chi connectivity index (χ0n) is 15.8. The number of para-hydroxylation sites is 1. The highest BCUT2D eigenvalue weighted by atomic mass is 32.2. The molecule has 30 heavy (non-hydrogen) atoms. The molecule has 2 amide bonds. The highest BCUT2D eigenvalue weighted by Crippen LogP contribution is 2.18. The number of benzene rings is 3. The summed E-state index contributed by atoms with van der Waals surface area (Å²) in [7, 11) is -3.69. The largest absolute Gasteiger partial charge is 0.324 e. The molecule has 0 aromatic heterocycles. The second-order valence-corrected chi connectivity index (χ2v) is 8.64. The predicted octanol–water partition coefficient (Wildman–Crippen LogP) is 3.63. The number of nitrogens with one attached hydrogen (secondary N) is 2. The molecule has 0 saturated heterocycles. The quantitative estimate of drug-likeness (QED) is 0.603. The number of rotatable bonds is 7. The third kappa shape index (κ3) is 5.99. The predicted molar refractivity (Wildman–Crippen MR) is 113 cm³/mol. The van der Waals surface area contributed by atoms with E-state index in [0.717, 1.165) is 0 Å². The van der Waals surface area contributed by atoms with Gasteiger partial charge in [0.2, 0.25) is 5.91 Å². The van der Waals surface area contributed by atoms with E-state index in [-0.39, 0.29) is 17.0 Å². The van der Waals surface area contributed by atoms with E-state index in [4.69, 9.17) is 0 Å². The van der Waals surface area contributed by atoms with E-state index in [1.54, 1.807) is 42.5 Å². The summed E-state index contributed by atoms with van der Waals surface area (Å²) in [4.78, 5) is 24.9. The lowest BCUT2D eigenvalue weighted by atomic mass is 10.1. The maximum absolute atomic E-state index is 13.0. The summed E-state index contributed by atoms with van der Waals surface area (Å²) in [5.41, 5.74) is 1.30. The number of anilines is 2. The maximum atomic E-state index is 13.0. The van der Waals surface area contributed by atoms with Crippen LogP contribution in [-0.2, 0) is 20.4 Å². The van der Waals surface area contributed by atoms with Gasteiger partial charge in [-0.1, -0.05) is 42.5 Å². The summed E-state index contributed by atoms with van der Waals surface area (Å²) < 4.78 is 37.7. The van der Waals surface area contributed by atoms with Crippen molar-refractivity contribution in [1.82, 2.24) is 0 Å². The van der Waals surface area contributed by atoms with Crippen LogP contribution >= 0.6 is 0 Å². The lowest BCUT2D eigenvalue weighted by molar-refractivity contribution is -0.113. The van der Waals surface area contributed by atoms with Gasteiger partial charge in [0.05, 0.1) is 17.0 Å². The van der Waals surface area contributed by atoms with Crippen molar-refractivity contribution in [3.8, 4) is 0 Å². The zero-order chi connectivity index (χ0) is 21.6. The van der Waals surface area contributed by atoms with Gasteiger partial charge in [0.25, 0.3) is 5.91 Å². The van der Waals surface area contributed by atoms with Gasteiger partial charge in [-0.05, 0) is 42.0 Å². The second-order valence-electron chi connectivity index (χ2n) is 6.57. The molecule has 3 aromatic rings. The first-order valence-electron chi connectivity index (χ1n) is 9.02. The van der Waals surface area contributed by atoms with Crippen molar-refractivity contribution < 1.29 is 22.4 Å². The second kappa shape index (κ2) is 9.32. The highest BCUT2D eigenvalue weighted by Gasteiger charge is 2.19. The van der Waals surface area contributed by atoms with E-state index >= 15 is 0 Å². The van der Waals surface area contributed by atoms with E-state index in [0.29, 0.717) is 11.3 Å². The molecule has 0 radical (unpaired) electrons. The first-order chi connectivity index (χ1) is 14.3. The minimum absolute atomic E-state index is 0.149. The number of carbonyl (C=O) groups is 2. The molecule has 0 heterocycles. The number of amides is 2. The summed E-state index contributed by atoms with van der Waals surface area (Å²) in [6, 6.07) is 20.0. The summed E-state index contributed by atoms with van der Waals surface area (Å²) in [6.07, 6.45) is 0. The average molecular weight is 426 g/mol. The molecule has 0 aliphatic rings. The molecule has 3 rings (SSSR count). The van der Waals surface area contributed by atoms with Gasteiger partial charge in [0, 0.05) is 5.69 Å². The molecule has 154 valence electrons. The molecule has 2 N–H and O–H groups in total. The van der Waals surface area contributed by atoms with Crippen molar-refractivity contribution in [1.29, 1.82) is 0 Å². The van der Waals surface area contributed by atoms with Crippen LogP contribution in [0.15, 0.2) is 78.9 Å². The SMILES string of the molecule is O=C(CS(=O)(=O)Cc1ccccc1)Nc1ccccc1C(=O)Nc1ccc(F)cc1. The minimum atomic E-state index is -3.69. The molecule has 0 bridgehead atoms. The lowest BCUT2D eigenvalue weighted by Crippen LogP contribution is -2.25. The van der Waals surface area contributed by atoms with E-state index in [2.05, 4.69) is 10.6 Å². The summed E-state index contributed by atoms with van der Waals surface area (Å²) in [6.45, 7) is 0. The molecule has 0 spiro atoms. The van der Waals surface area contributed by atoms with Crippen LogP contribution in [0.1, 0.15) is 15.9 Å². The van der Waals surface area contributed by atoms with Gasteiger partial charge in [-0.3, -0.25) is 9.59 Å². The molecule has 0 atom stereocenters. The first kappa shape index (κ1) is 21.2. The van der Waals surface area contributed by atoms with Gasteiger partial charge < -0.3 is 10.6 Å². The fourth-order valence-electron chi connectivity index (χ4n) is 2.79. The Morgan fingerprint density at radius 1 is 0.800 bits per heavy atom. The molecule has 0 unspecified atom stereocenters. The summed E-state index contributed by atoms with van der Waals surface area (Å²) >= 11 is 0. The molecule has 6 nitrogen and oxygen atoms in total. The van der Waals surface area contributed by atoms with Crippen molar-refractivity contribution in [2.45, 2.75) is 5.75 Å². The van der Waals surface area contributed by atoms with Crippen molar-refractivity contribution in [2.24, 2.45) is 0 Å². The maximum Gasteiger partial charge on any atom is 0.257 e. The van der Waals surface area contributed by atoms with Crippen LogP contribution in [0.25, 0.3) is 0 Å². The van der Waals surface area contributed by atoms with Crippen LogP contribution in [0.3, 0.4) is 0 Å². The van der Waals surface area contributed by atoms with Gasteiger partial charge in [-0.2, -0.15) is 0 Å². The fourth-order valence-corrected chi connectivity index (χ4v) is 4.06. The molecule has 0 aliphatic carbocycles. The van der Waals surface area contributed by atoms with Gasteiger partial charge >= 0.3 is 0 Å². The number of carbonyl (C=O) groups excluding carboxylic acids is 2. The van der Waals surface area contributed by atoms with Crippen molar-refractivity contribution in [3.63, 3.8) is 0 Å². The Bertz CT molecular complexity index is 1150. The van der Waals surface area contributed by atoms with E-state index < -0.39 is 33.2 Å². The molecule has 3 aromatic carbocycles. The lowest BCUT2D eigenvalue weighted by Gasteiger charge is -2.12. The third-order valence-corrected chi connectivity index (χ3v) is 5.60. The normalized spacial score (nSPS) is 11.0. The molecule has 0 aliphatic heterocycles. The number of hydrogen-bond donors (Lipinski definition) is 2. The van der Waals surface area contributed by atoms with Crippen LogP contribution in [0, 0.1) is 5.82 Å². The number of sulfone groups is 1. The van der Waals surface area contributed by atoms with Crippen molar-refractivity contribution >= 4 is 33.0 Å². The topological polar surface area (TPSA) is 92.3 Å². The Kier molecular flexibility index (Phi) is 6.58. The number of hydrogen-bond acceptors (Lipinski definition) is 4.